The quantitative estimate of drug-likeness (QED) is 0.337. The third-order valence-corrected chi connectivity index (χ3v) is 5.28. The molecular weight excluding hydrogens is 429 g/mol. The van der Waals surface area contributed by atoms with E-state index in [0.29, 0.717) is 39.2 Å². The summed E-state index contributed by atoms with van der Waals surface area (Å²) in [5.41, 5.74) is 4.46. The normalized spacial score (nSPS) is 10.5. The molecule has 6 heteroatoms. The van der Waals surface area contributed by atoms with E-state index >= 15 is 0 Å². The minimum Gasteiger partial charge on any atom is -0.380 e. The number of halogens is 2. The van der Waals surface area contributed by atoms with Crippen LogP contribution in [-0.4, -0.2) is 10.9 Å². The molecule has 4 nitrogen and oxygen atoms in total. The third kappa shape index (κ3) is 5.23. The van der Waals surface area contributed by atoms with Crippen LogP contribution in [-0.2, 0) is 6.54 Å². The summed E-state index contributed by atoms with van der Waals surface area (Å²) in [6, 6.07) is 26.1. The summed E-state index contributed by atoms with van der Waals surface area (Å²) < 4.78 is 0. The van der Waals surface area contributed by atoms with E-state index in [4.69, 9.17) is 23.2 Å². The summed E-state index contributed by atoms with van der Waals surface area (Å²) >= 11 is 12.3. The van der Waals surface area contributed by atoms with Crippen LogP contribution in [0.15, 0.2) is 91.1 Å². The molecule has 0 bridgehead atoms. The van der Waals surface area contributed by atoms with Crippen molar-refractivity contribution >= 4 is 40.5 Å². The summed E-state index contributed by atoms with van der Waals surface area (Å²) in [5.74, 6) is -0.225. The van der Waals surface area contributed by atoms with Gasteiger partial charge in [-0.15, -0.1) is 0 Å². The Bertz CT molecular complexity index is 1200. The first kappa shape index (κ1) is 20.9. The molecule has 0 atom stereocenters. The Kier molecular flexibility index (Phi) is 6.51. The molecule has 154 valence electrons. The van der Waals surface area contributed by atoms with Crippen molar-refractivity contribution in [2.75, 3.05) is 10.6 Å². The number of rotatable bonds is 6. The van der Waals surface area contributed by atoms with Crippen LogP contribution in [0.4, 0.5) is 11.4 Å². The zero-order chi connectivity index (χ0) is 21.6. The van der Waals surface area contributed by atoms with Crippen LogP contribution in [0.1, 0.15) is 15.9 Å². The second-order valence-electron chi connectivity index (χ2n) is 6.89. The van der Waals surface area contributed by atoms with E-state index < -0.39 is 0 Å². The molecule has 4 rings (SSSR count). The fraction of sp³-hybridized carbons (Fsp3) is 0.0400. The first-order valence-electron chi connectivity index (χ1n) is 9.70. The fourth-order valence-corrected chi connectivity index (χ4v) is 3.52. The van der Waals surface area contributed by atoms with Crippen LogP contribution < -0.4 is 10.6 Å². The second kappa shape index (κ2) is 9.65. The summed E-state index contributed by atoms with van der Waals surface area (Å²) in [6.45, 7) is 0.571. The van der Waals surface area contributed by atoms with Crippen molar-refractivity contribution in [1.29, 1.82) is 0 Å². The van der Waals surface area contributed by atoms with E-state index in [1.54, 1.807) is 48.7 Å². The Hall–Kier alpha value is -3.34. The summed E-state index contributed by atoms with van der Waals surface area (Å²) in [5, 5.41) is 7.46. The van der Waals surface area contributed by atoms with Crippen LogP contribution in [0.3, 0.4) is 0 Å². The molecule has 2 N–H and O–H groups in total. The average molecular weight is 448 g/mol. The van der Waals surface area contributed by atoms with E-state index in [-0.39, 0.29) is 5.91 Å². The number of nitrogens with zero attached hydrogens (tertiary/aromatic N) is 1. The van der Waals surface area contributed by atoms with Gasteiger partial charge in [0.05, 0.1) is 16.3 Å². The number of anilines is 2. The number of pyridine rings is 1. The maximum absolute atomic E-state index is 13.0. The van der Waals surface area contributed by atoms with Crippen molar-refractivity contribution in [2.24, 2.45) is 0 Å². The Labute approximate surface area is 190 Å². The molecule has 1 amide bonds. The Balaban J connectivity index is 1.66. The molecule has 31 heavy (non-hydrogen) atoms. The van der Waals surface area contributed by atoms with Gasteiger partial charge in [-0.2, -0.15) is 0 Å². The van der Waals surface area contributed by atoms with Crippen molar-refractivity contribution in [3.63, 3.8) is 0 Å². The molecule has 1 heterocycles. The lowest BCUT2D eigenvalue weighted by Crippen LogP contribution is -2.15. The van der Waals surface area contributed by atoms with Gasteiger partial charge in [0.2, 0.25) is 0 Å². The van der Waals surface area contributed by atoms with Crippen LogP contribution in [0.5, 0.6) is 0 Å². The van der Waals surface area contributed by atoms with E-state index in [1.807, 2.05) is 42.5 Å². The molecule has 0 aliphatic rings. The van der Waals surface area contributed by atoms with Crippen LogP contribution in [0.2, 0.25) is 10.0 Å². The number of hydrogen-bond donors (Lipinski definition) is 2. The van der Waals surface area contributed by atoms with Crippen LogP contribution in [0, 0.1) is 0 Å². The smallest absolute Gasteiger partial charge is 0.257 e. The first-order chi connectivity index (χ1) is 15.1. The maximum Gasteiger partial charge on any atom is 0.257 e. The Morgan fingerprint density at radius 2 is 1.65 bits per heavy atom. The van der Waals surface area contributed by atoms with Gasteiger partial charge in [-0.1, -0.05) is 59.6 Å². The van der Waals surface area contributed by atoms with Crippen LogP contribution in [0.25, 0.3) is 11.3 Å². The lowest BCUT2D eigenvalue weighted by atomic mass is 10.0. The summed E-state index contributed by atoms with van der Waals surface area (Å²) in [4.78, 5) is 17.4. The molecule has 0 radical (unpaired) electrons. The van der Waals surface area contributed by atoms with Gasteiger partial charge in [-0.25, -0.2) is 0 Å². The molecule has 3 aromatic carbocycles. The van der Waals surface area contributed by atoms with E-state index in [9.17, 15) is 4.79 Å². The predicted octanol–water partition coefficient (Wildman–Crippen LogP) is 6.92. The van der Waals surface area contributed by atoms with Crippen molar-refractivity contribution in [1.82, 2.24) is 4.98 Å². The molecule has 0 spiro atoms. The maximum atomic E-state index is 13.0. The Morgan fingerprint density at radius 3 is 2.39 bits per heavy atom. The standard InChI is InChI=1S/C25H19Cl2N3O/c26-19-9-11-20(12-10-19)30-25(31)21-13-8-18(24-22(27)7-4-14-28-24)15-23(21)29-16-17-5-2-1-3-6-17/h1-15,29H,16H2,(H,30,31). The number of nitrogens with one attached hydrogen (secondary N) is 2. The van der Waals surface area contributed by atoms with E-state index in [1.165, 1.54) is 0 Å². The highest BCUT2D eigenvalue weighted by Gasteiger charge is 2.15. The molecule has 0 fully saturated rings. The Morgan fingerprint density at radius 1 is 0.871 bits per heavy atom. The largest absolute Gasteiger partial charge is 0.380 e. The van der Waals surface area contributed by atoms with E-state index in [0.717, 1.165) is 11.1 Å². The van der Waals surface area contributed by atoms with Gasteiger partial charge in [0.1, 0.15) is 0 Å². The minimum absolute atomic E-state index is 0.225. The van der Waals surface area contributed by atoms with Gasteiger partial charge in [0.25, 0.3) is 5.91 Å². The summed E-state index contributed by atoms with van der Waals surface area (Å²) in [7, 11) is 0. The third-order valence-electron chi connectivity index (χ3n) is 4.72. The molecule has 1 aromatic heterocycles. The highest BCUT2D eigenvalue weighted by Crippen LogP contribution is 2.30. The zero-order valence-electron chi connectivity index (χ0n) is 16.5. The molecular formula is C25H19Cl2N3O. The van der Waals surface area contributed by atoms with Crippen molar-refractivity contribution in [3.8, 4) is 11.3 Å². The minimum atomic E-state index is -0.225. The molecule has 0 unspecified atom stereocenters. The zero-order valence-corrected chi connectivity index (χ0v) is 18.0. The number of hydrogen-bond acceptors (Lipinski definition) is 3. The van der Waals surface area contributed by atoms with Gasteiger partial charge >= 0.3 is 0 Å². The van der Waals surface area contributed by atoms with E-state index in [2.05, 4.69) is 15.6 Å². The summed E-state index contributed by atoms with van der Waals surface area (Å²) in [6.07, 6.45) is 1.69. The second-order valence-corrected chi connectivity index (χ2v) is 7.74. The highest BCUT2D eigenvalue weighted by atomic mass is 35.5. The molecule has 0 aliphatic carbocycles. The van der Waals surface area contributed by atoms with Crippen molar-refractivity contribution in [2.45, 2.75) is 6.54 Å². The number of carbonyl (C=O) groups excluding carboxylic acids is 1. The van der Waals surface area contributed by atoms with Gasteiger partial charge in [0.15, 0.2) is 0 Å². The monoisotopic (exact) mass is 447 g/mol. The molecule has 0 saturated heterocycles. The van der Waals surface area contributed by atoms with Crippen molar-refractivity contribution in [3.05, 3.63) is 112 Å². The van der Waals surface area contributed by atoms with Gasteiger partial charge in [-0.3, -0.25) is 9.78 Å². The first-order valence-corrected chi connectivity index (χ1v) is 10.5. The topological polar surface area (TPSA) is 54.0 Å². The fourth-order valence-electron chi connectivity index (χ4n) is 3.16. The number of aromatic nitrogens is 1. The van der Waals surface area contributed by atoms with Gasteiger partial charge < -0.3 is 10.6 Å². The lowest BCUT2D eigenvalue weighted by molar-refractivity contribution is 0.102. The number of carbonyl (C=O) groups is 1. The molecule has 0 saturated carbocycles. The average Bonchev–Trinajstić information content (AvgIpc) is 2.80. The predicted molar refractivity (Wildman–Crippen MR) is 128 cm³/mol. The molecule has 0 aliphatic heterocycles. The number of benzene rings is 3. The lowest BCUT2D eigenvalue weighted by Gasteiger charge is -2.15. The van der Waals surface area contributed by atoms with Gasteiger partial charge in [0, 0.05) is 34.7 Å². The molecule has 4 aromatic rings. The van der Waals surface area contributed by atoms with Crippen LogP contribution >= 0.6 is 23.2 Å². The van der Waals surface area contributed by atoms with Crippen molar-refractivity contribution < 1.29 is 4.79 Å². The van der Waals surface area contributed by atoms with Gasteiger partial charge in [-0.05, 0) is 54.1 Å². The number of amides is 1. The SMILES string of the molecule is O=C(Nc1ccc(Cl)cc1)c1ccc(-c2ncccc2Cl)cc1NCc1ccccc1. The highest BCUT2D eigenvalue weighted by molar-refractivity contribution is 6.33.